The molecule has 1 unspecified atom stereocenters. The van der Waals surface area contributed by atoms with Gasteiger partial charge in [-0.1, -0.05) is 13.8 Å². The second-order valence-electron chi connectivity index (χ2n) is 4.99. The normalized spacial score (nSPS) is 12.3. The maximum Gasteiger partial charge on any atom is 0.340 e. The average molecular weight is 286 g/mol. The third-order valence-corrected chi connectivity index (χ3v) is 2.89. The highest BCUT2D eigenvalue weighted by Gasteiger charge is 2.20. The first-order chi connectivity index (χ1) is 9.40. The lowest BCUT2D eigenvalue weighted by Gasteiger charge is -2.20. The highest BCUT2D eigenvalue weighted by atomic mass is 19.2. The van der Waals surface area contributed by atoms with E-state index < -0.39 is 23.2 Å². The van der Waals surface area contributed by atoms with Gasteiger partial charge in [0.15, 0.2) is 11.6 Å². The summed E-state index contributed by atoms with van der Waals surface area (Å²) < 4.78 is 32.1. The lowest BCUT2D eigenvalue weighted by Crippen LogP contribution is -2.30. The van der Waals surface area contributed by atoms with Crippen LogP contribution in [-0.2, 0) is 4.74 Å². The summed E-state index contributed by atoms with van der Waals surface area (Å²) in [5.41, 5.74) is 5.17. The summed E-state index contributed by atoms with van der Waals surface area (Å²) in [5.74, 6) is -2.86. The minimum Gasteiger partial charge on any atom is -0.465 e. The standard InChI is InChI=1S/C14H20F2N2O2/c1-8(2)6-9(7-17)18-11-5-4-10(14(19)20-3)12(15)13(11)16/h4-5,8-9,18H,6-7,17H2,1-3H3. The van der Waals surface area contributed by atoms with Gasteiger partial charge in [-0.3, -0.25) is 0 Å². The Morgan fingerprint density at radius 3 is 2.50 bits per heavy atom. The van der Waals surface area contributed by atoms with Crippen molar-refractivity contribution < 1.29 is 18.3 Å². The molecule has 4 nitrogen and oxygen atoms in total. The molecule has 0 aromatic heterocycles. The molecule has 1 rings (SSSR count). The molecular formula is C14H20F2N2O2. The minimum absolute atomic E-state index is 0.00810. The fourth-order valence-corrected chi connectivity index (χ4v) is 1.93. The molecule has 1 atom stereocenters. The Labute approximate surface area is 117 Å². The summed E-state index contributed by atoms with van der Waals surface area (Å²) in [5, 5.41) is 2.86. The Morgan fingerprint density at radius 1 is 1.35 bits per heavy atom. The van der Waals surface area contributed by atoms with E-state index in [-0.39, 0.29) is 11.7 Å². The van der Waals surface area contributed by atoms with Crippen LogP contribution < -0.4 is 11.1 Å². The van der Waals surface area contributed by atoms with Gasteiger partial charge in [-0.05, 0) is 24.5 Å². The zero-order chi connectivity index (χ0) is 15.3. The number of halogens is 2. The molecule has 1 aromatic carbocycles. The number of esters is 1. The van der Waals surface area contributed by atoms with Gasteiger partial charge in [-0.25, -0.2) is 13.6 Å². The lowest BCUT2D eigenvalue weighted by atomic mass is 10.0. The Kier molecular flexibility index (Phi) is 5.88. The van der Waals surface area contributed by atoms with Crippen LogP contribution >= 0.6 is 0 Å². The summed E-state index contributed by atoms with van der Waals surface area (Å²) >= 11 is 0. The van der Waals surface area contributed by atoms with Crippen LogP contribution in [-0.4, -0.2) is 25.7 Å². The van der Waals surface area contributed by atoms with E-state index in [2.05, 4.69) is 10.1 Å². The van der Waals surface area contributed by atoms with Gasteiger partial charge in [0.1, 0.15) is 0 Å². The second kappa shape index (κ2) is 7.19. The molecule has 0 aliphatic carbocycles. The van der Waals surface area contributed by atoms with Crippen LogP contribution in [0.25, 0.3) is 0 Å². The van der Waals surface area contributed by atoms with E-state index in [1.54, 1.807) is 0 Å². The topological polar surface area (TPSA) is 64.3 Å². The van der Waals surface area contributed by atoms with E-state index in [1.165, 1.54) is 12.1 Å². The number of methoxy groups -OCH3 is 1. The van der Waals surface area contributed by atoms with Crippen molar-refractivity contribution in [2.24, 2.45) is 11.7 Å². The van der Waals surface area contributed by atoms with Crippen molar-refractivity contribution in [2.75, 3.05) is 19.0 Å². The molecule has 0 heterocycles. The third kappa shape index (κ3) is 3.90. The number of benzene rings is 1. The summed E-state index contributed by atoms with van der Waals surface area (Å²) in [6, 6.07) is 2.34. The Hall–Kier alpha value is -1.69. The number of nitrogens with two attached hydrogens (primary N) is 1. The molecule has 0 saturated heterocycles. The van der Waals surface area contributed by atoms with E-state index in [4.69, 9.17) is 5.73 Å². The summed E-state index contributed by atoms with van der Waals surface area (Å²) in [7, 11) is 1.11. The van der Waals surface area contributed by atoms with E-state index in [9.17, 15) is 13.6 Å². The van der Waals surface area contributed by atoms with Crippen molar-refractivity contribution in [1.82, 2.24) is 0 Å². The monoisotopic (exact) mass is 286 g/mol. The maximum atomic E-state index is 13.9. The first kappa shape index (κ1) is 16.4. The first-order valence-electron chi connectivity index (χ1n) is 6.43. The van der Waals surface area contributed by atoms with Gasteiger partial charge in [0, 0.05) is 12.6 Å². The fraction of sp³-hybridized carbons (Fsp3) is 0.500. The van der Waals surface area contributed by atoms with Crippen LogP contribution in [0.1, 0.15) is 30.6 Å². The molecule has 6 heteroatoms. The summed E-state index contributed by atoms with van der Waals surface area (Å²) in [6.45, 7) is 4.33. The van der Waals surface area contributed by atoms with Gasteiger partial charge in [-0.15, -0.1) is 0 Å². The van der Waals surface area contributed by atoms with Crippen LogP contribution in [0.3, 0.4) is 0 Å². The number of ether oxygens (including phenoxy) is 1. The molecule has 0 radical (unpaired) electrons. The van der Waals surface area contributed by atoms with Crippen molar-refractivity contribution in [3.8, 4) is 0 Å². The van der Waals surface area contributed by atoms with Crippen LogP contribution in [0, 0.1) is 17.6 Å². The van der Waals surface area contributed by atoms with Crippen LogP contribution in [0.5, 0.6) is 0 Å². The lowest BCUT2D eigenvalue weighted by molar-refractivity contribution is 0.0594. The van der Waals surface area contributed by atoms with E-state index >= 15 is 0 Å². The van der Waals surface area contributed by atoms with Gasteiger partial charge in [0.2, 0.25) is 0 Å². The number of hydrogen-bond donors (Lipinski definition) is 2. The molecule has 0 aliphatic heterocycles. The highest BCUT2D eigenvalue weighted by Crippen LogP contribution is 2.22. The SMILES string of the molecule is COC(=O)c1ccc(NC(CN)CC(C)C)c(F)c1F. The van der Waals surface area contributed by atoms with Crippen LogP contribution in [0.2, 0.25) is 0 Å². The van der Waals surface area contributed by atoms with E-state index in [1.807, 2.05) is 13.8 Å². The second-order valence-corrected chi connectivity index (χ2v) is 4.99. The van der Waals surface area contributed by atoms with Gasteiger partial charge in [-0.2, -0.15) is 0 Å². The van der Waals surface area contributed by atoms with Crippen molar-refractivity contribution in [1.29, 1.82) is 0 Å². The van der Waals surface area contributed by atoms with Crippen molar-refractivity contribution in [3.63, 3.8) is 0 Å². The molecular weight excluding hydrogens is 266 g/mol. The Balaban J connectivity index is 2.97. The van der Waals surface area contributed by atoms with Gasteiger partial charge in [0.25, 0.3) is 0 Å². The zero-order valence-electron chi connectivity index (χ0n) is 11.9. The quantitative estimate of drug-likeness (QED) is 0.789. The summed E-state index contributed by atoms with van der Waals surface area (Å²) in [4.78, 5) is 11.3. The van der Waals surface area contributed by atoms with Gasteiger partial charge in [0.05, 0.1) is 18.4 Å². The molecule has 0 spiro atoms. The molecule has 0 saturated carbocycles. The van der Waals surface area contributed by atoms with Crippen molar-refractivity contribution in [3.05, 3.63) is 29.3 Å². The molecule has 0 amide bonds. The Bertz CT molecular complexity index is 478. The number of rotatable bonds is 6. The highest BCUT2D eigenvalue weighted by molar-refractivity contribution is 5.90. The first-order valence-corrected chi connectivity index (χ1v) is 6.43. The molecule has 1 aromatic rings. The molecule has 0 fully saturated rings. The van der Waals surface area contributed by atoms with Gasteiger partial charge >= 0.3 is 5.97 Å². The largest absolute Gasteiger partial charge is 0.465 e. The molecule has 0 bridgehead atoms. The van der Waals surface area contributed by atoms with Crippen LogP contribution in [0.15, 0.2) is 12.1 Å². The predicted molar refractivity (Wildman–Crippen MR) is 73.6 cm³/mol. The molecule has 20 heavy (non-hydrogen) atoms. The van der Waals surface area contributed by atoms with E-state index in [0.29, 0.717) is 12.5 Å². The number of hydrogen-bond acceptors (Lipinski definition) is 4. The minimum atomic E-state index is -1.22. The van der Waals surface area contributed by atoms with E-state index in [0.717, 1.165) is 13.5 Å². The summed E-state index contributed by atoms with van der Waals surface area (Å²) in [6.07, 6.45) is 0.732. The smallest absolute Gasteiger partial charge is 0.340 e. The van der Waals surface area contributed by atoms with Gasteiger partial charge < -0.3 is 15.8 Å². The third-order valence-electron chi connectivity index (χ3n) is 2.89. The Morgan fingerprint density at radius 2 is 2.00 bits per heavy atom. The number of carbonyl (C=O) groups is 1. The predicted octanol–water partition coefficient (Wildman–Crippen LogP) is 2.54. The number of nitrogens with one attached hydrogen (secondary N) is 1. The zero-order valence-corrected chi connectivity index (χ0v) is 11.9. The van der Waals surface area contributed by atoms with Crippen molar-refractivity contribution >= 4 is 11.7 Å². The fourth-order valence-electron chi connectivity index (χ4n) is 1.93. The van der Waals surface area contributed by atoms with Crippen molar-refractivity contribution in [2.45, 2.75) is 26.3 Å². The molecule has 3 N–H and O–H groups in total. The molecule has 0 aliphatic rings. The number of carbonyl (C=O) groups excluding carboxylic acids is 1. The van der Waals surface area contributed by atoms with Crippen LogP contribution in [0.4, 0.5) is 14.5 Å². The number of anilines is 1. The molecule has 112 valence electrons. The maximum absolute atomic E-state index is 13.9. The average Bonchev–Trinajstić information content (AvgIpc) is 2.41.